The first-order valence-corrected chi connectivity index (χ1v) is 9.97. The van der Waals surface area contributed by atoms with Gasteiger partial charge < -0.3 is 5.11 Å². The van der Waals surface area contributed by atoms with Gasteiger partial charge in [-0.2, -0.15) is 0 Å². The zero-order chi connectivity index (χ0) is 19.5. The second kappa shape index (κ2) is 8.17. The molecule has 0 aromatic heterocycles. The van der Waals surface area contributed by atoms with Gasteiger partial charge in [-0.25, -0.2) is 0 Å². The van der Waals surface area contributed by atoms with E-state index in [1.807, 2.05) is 42.5 Å². The average Bonchev–Trinajstić information content (AvgIpc) is 2.74. The number of benzene rings is 3. The number of rotatable bonds is 4. The number of aryl methyl sites for hydroxylation is 1. The number of nitrogens with zero attached hydrogens (tertiary/aromatic N) is 1. The van der Waals surface area contributed by atoms with Gasteiger partial charge in [-0.1, -0.05) is 73.1 Å². The maximum Gasteiger partial charge on any atom is 0.126 e. The number of halogens is 1. The van der Waals surface area contributed by atoms with Gasteiger partial charge in [0.2, 0.25) is 0 Å². The molecule has 2 N–H and O–H groups in total. The fourth-order valence-electron chi connectivity index (χ4n) is 3.61. The van der Waals surface area contributed by atoms with Gasteiger partial charge >= 0.3 is 0 Å². The maximum absolute atomic E-state index is 10.4. The predicted molar refractivity (Wildman–Crippen MR) is 115 cm³/mol. The van der Waals surface area contributed by atoms with E-state index >= 15 is 0 Å². The van der Waals surface area contributed by atoms with E-state index in [2.05, 4.69) is 36.5 Å². The van der Waals surface area contributed by atoms with E-state index in [0.717, 1.165) is 28.8 Å². The molecule has 142 valence electrons. The lowest BCUT2D eigenvalue weighted by atomic mass is 9.93. The van der Waals surface area contributed by atoms with Crippen molar-refractivity contribution in [3.8, 4) is 5.75 Å². The molecule has 0 aliphatic carbocycles. The standard InChI is InChI=1S/C24H23ClN2O/c1-2-16-7-9-17(10-8-16)21-15-22(20-5-3-4-6-23(20)28)27-24(26-21)18-11-13-19(25)14-12-18/h3-14,22,24,27-28H,2,15H2,1H3/t22-,24-/m0/s1. The Balaban J connectivity index is 1.73. The van der Waals surface area contributed by atoms with Gasteiger partial charge in [0.1, 0.15) is 11.9 Å². The monoisotopic (exact) mass is 390 g/mol. The fraction of sp³-hybridized carbons (Fsp3) is 0.208. The van der Waals surface area contributed by atoms with Crippen molar-refractivity contribution in [2.24, 2.45) is 4.99 Å². The Hall–Kier alpha value is -2.62. The van der Waals surface area contributed by atoms with E-state index < -0.39 is 0 Å². The summed E-state index contributed by atoms with van der Waals surface area (Å²) in [4.78, 5) is 4.99. The molecule has 0 unspecified atom stereocenters. The number of phenolic OH excluding ortho intramolecular Hbond substituents is 1. The van der Waals surface area contributed by atoms with Crippen molar-refractivity contribution in [3.63, 3.8) is 0 Å². The van der Waals surface area contributed by atoms with Crippen molar-refractivity contribution in [2.45, 2.75) is 32.0 Å². The minimum atomic E-state index is -0.198. The molecular weight excluding hydrogens is 368 g/mol. The topological polar surface area (TPSA) is 44.6 Å². The number of hydrogen-bond acceptors (Lipinski definition) is 3. The molecule has 1 aliphatic heterocycles. The average molecular weight is 391 g/mol. The molecule has 0 amide bonds. The predicted octanol–water partition coefficient (Wildman–Crippen LogP) is 5.83. The van der Waals surface area contributed by atoms with Gasteiger partial charge in [0.25, 0.3) is 0 Å². The van der Waals surface area contributed by atoms with Gasteiger partial charge in [-0.3, -0.25) is 10.3 Å². The molecule has 4 heteroatoms. The number of aromatic hydroxyl groups is 1. The molecule has 1 aliphatic rings. The second-order valence-electron chi connectivity index (χ2n) is 7.06. The van der Waals surface area contributed by atoms with E-state index in [4.69, 9.17) is 16.6 Å². The van der Waals surface area contributed by atoms with Crippen LogP contribution in [0.5, 0.6) is 5.75 Å². The highest BCUT2D eigenvalue weighted by atomic mass is 35.5. The summed E-state index contributed by atoms with van der Waals surface area (Å²) in [5.74, 6) is 0.303. The molecule has 0 saturated carbocycles. The molecule has 3 aromatic carbocycles. The minimum absolute atomic E-state index is 0.0276. The van der Waals surface area contributed by atoms with Crippen LogP contribution in [0.1, 0.15) is 47.8 Å². The zero-order valence-electron chi connectivity index (χ0n) is 15.8. The quantitative estimate of drug-likeness (QED) is 0.588. The lowest BCUT2D eigenvalue weighted by Gasteiger charge is -2.31. The first-order chi connectivity index (χ1) is 13.6. The van der Waals surface area contributed by atoms with Crippen molar-refractivity contribution < 1.29 is 5.11 Å². The van der Waals surface area contributed by atoms with Gasteiger partial charge in [0.15, 0.2) is 0 Å². The lowest BCUT2D eigenvalue weighted by molar-refractivity contribution is 0.413. The Bertz CT molecular complexity index is 980. The molecule has 28 heavy (non-hydrogen) atoms. The highest BCUT2D eigenvalue weighted by molar-refractivity contribution is 6.30. The fourth-order valence-corrected chi connectivity index (χ4v) is 3.74. The largest absolute Gasteiger partial charge is 0.508 e. The third kappa shape index (κ3) is 3.96. The van der Waals surface area contributed by atoms with Crippen molar-refractivity contribution in [2.75, 3.05) is 0 Å². The molecule has 1 heterocycles. The molecule has 3 nitrogen and oxygen atoms in total. The normalized spacial score (nSPS) is 19.3. The van der Waals surface area contributed by atoms with Crippen LogP contribution in [0.3, 0.4) is 0 Å². The zero-order valence-corrected chi connectivity index (χ0v) is 16.5. The van der Waals surface area contributed by atoms with E-state index in [9.17, 15) is 5.11 Å². The number of hydrogen-bond donors (Lipinski definition) is 2. The summed E-state index contributed by atoms with van der Waals surface area (Å²) < 4.78 is 0. The van der Waals surface area contributed by atoms with Crippen LogP contribution in [0.15, 0.2) is 77.8 Å². The van der Waals surface area contributed by atoms with Gasteiger partial charge in [-0.15, -0.1) is 0 Å². The van der Waals surface area contributed by atoms with Crippen LogP contribution in [-0.2, 0) is 6.42 Å². The molecule has 0 bridgehead atoms. The highest BCUT2D eigenvalue weighted by Crippen LogP contribution is 2.34. The molecule has 0 saturated heterocycles. The van der Waals surface area contributed by atoms with Gasteiger partial charge in [-0.05, 0) is 41.3 Å². The Morgan fingerprint density at radius 1 is 1.00 bits per heavy atom. The smallest absolute Gasteiger partial charge is 0.126 e. The first-order valence-electron chi connectivity index (χ1n) is 9.59. The molecule has 0 spiro atoms. The van der Waals surface area contributed by atoms with Crippen LogP contribution < -0.4 is 5.32 Å². The number of phenols is 1. The summed E-state index contributed by atoms with van der Waals surface area (Å²) >= 11 is 6.06. The molecule has 0 fully saturated rings. The Kier molecular flexibility index (Phi) is 5.47. The number of nitrogens with one attached hydrogen (secondary N) is 1. The maximum atomic E-state index is 10.4. The first kappa shape index (κ1) is 18.7. The molecule has 0 radical (unpaired) electrons. The van der Waals surface area contributed by atoms with E-state index in [-0.39, 0.29) is 12.2 Å². The van der Waals surface area contributed by atoms with Crippen LogP contribution in [0, 0.1) is 0 Å². The summed E-state index contributed by atoms with van der Waals surface area (Å²) in [7, 11) is 0. The van der Waals surface area contributed by atoms with Crippen LogP contribution in [-0.4, -0.2) is 10.8 Å². The lowest BCUT2D eigenvalue weighted by Crippen LogP contribution is -2.33. The van der Waals surface area contributed by atoms with E-state index in [1.165, 1.54) is 5.56 Å². The summed E-state index contributed by atoms with van der Waals surface area (Å²) in [6.45, 7) is 2.15. The van der Waals surface area contributed by atoms with Crippen molar-refractivity contribution in [3.05, 3.63) is 100 Å². The van der Waals surface area contributed by atoms with Crippen LogP contribution in [0.4, 0.5) is 0 Å². The molecule has 4 rings (SSSR count). The molecule has 3 aromatic rings. The summed E-state index contributed by atoms with van der Waals surface area (Å²) in [5.41, 5.74) is 5.41. The molecular formula is C24H23ClN2O. The second-order valence-corrected chi connectivity index (χ2v) is 7.50. The van der Waals surface area contributed by atoms with Crippen molar-refractivity contribution in [1.29, 1.82) is 0 Å². The summed E-state index contributed by atoms with van der Waals surface area (Å²) in [6, 6.07) is 23.8. The van der Waals surface area contributed by atoms with Crippen LogP contribution in [0.25, 0.3) is 0 Å². The Morgan fingerprint density at radius 2 is 1.71 bits per heavy atom. The van der Waals surface area contributed by atoms with Gasteiger partial charge in [0.05, 0.1) is 0 Å². The number of aliphatic imine (C=N–C) groups is 1. The summed E-state index contributed by atoms with van der Waals surface area (Å²) in [5, 5.41) is 14.7. The minimum Gasteiger partial charge on any atom is -0.508 e. The van der Waals surface area contributed by atoms with E-state index in [1.54, 1.807) is 6.07 Å². The Morgan fingerprint density at radius 3 is 2.39 bits per heavy atom. The third-order valence-electron chi connectivity index (χ3n) is 5.23. The highest BCUT2D eigenvalue weighted by Gasteiger charge is 2.27. The van der Waals surface area contributed by atoms with Crippen molar-refractivity contribution >= 4 is 17.3 Å². The summed E-state index contributed by atoms with van der Waals surface area (Å²) in [6.07, 6.45) is 1.53. The van der Waals surface area contributed by atoms with Crippen molar-refractivity contribution in [1.82, 2.24) is 5.32 Å². The Labute approximate surface area is 170 Å². The van der Waals surface area contributed by atoms with Crippen LogP contribution in [0.2, 0.25) is 5.02 Å². The molecule has 2 atom stereocenters. The van der Waals surface area contributed by atoms with E-state index in [0.29, 0.717) is 17.2 Å². The number of para-hydroxylation sites is 1. The third-order valence-corrected chi connectivity index (χ3v) is 5.49. The van der Waals surface area contributed by atoms with Crippen LogP contribution >= 0.6 is 11.6 Å². The SMILES string of the molecule is CCc1ccc(C2=N[C@H](c3ccc(Cl)cc3)N[C@H](c3ccccc3O)C2)cc1. The van der Waals surface area contributed by atoms with Gasteiger partial charge in [0, 0.05) is 28.8 Å².